The van der Waals surface area contributed by atoms with Gasteiger partial charge in [-0.1, -0.05) is 55.1 Å². The van der Waals surface area contributed by atoms with Gasteiger partial charge >= 0.3 is 0 Å². The van der Waals surface area contributed by atoms with Gasteiger partial charge in [-0.05, 0) is 18.4 Å². The lowest BCUT2D eigenvalue weighted by Crippen LogP contribution is -1.96. The van der Waals surface area contributed by atoms with E-state index >= 15 is 0 Å². The minimum atomic E-state index is 0.686. The van der Waals surface area contributed by atoms with Crippen LogP contribution in [0.15, 0.2) is 28.8 Å². The molecule has 0 amide bonds. The zero-order valence-electron chi connectivity index (χ0n) is 10.4. The molecule has 0 aliphatic heterocycles. The molecular formula is C15H17N2O. The quantitative estimate of drug-likeness (QED) is 0.820. The number of hydrogen-bond acceptors (Lipinski definition) is 3. The smallest absolute Gasteiger partial charge is 0.226 e. The molecule has 93 valence electrons. The molecule has 1 heterocycles. The van der Waals surface area contributed by atoms with E-state index in [2.05, 4.69) is 16.2 Å². The Morgan fingerprint density at radius 3 is 2.78 bits per heavy atom. The van der Waals surface area contributed by atoms with Crippen LogP contribution in [0.25, 0.3) is 11.4 Å². The summed E-state index contributed by atoms with van der Waals surface area (Å²) in [5, 5.41) is 4.03. The SMILES string of the molecule is [c]1ccc(-c2noc(CCC3CCCC3)n2)cc1. The summed E-state index contributed by atoms with van der Waals surface area (Å²) in [6.07, 6.45) is 7.62. The van der Waals surface area contributed by atoms with Crippen molar-refractivity contribution in [1.82, 2.24) is 10.1 Å². The molecule has 3 heteroatoms. The fraction of sp³-hybridized carbons (Fsp3) is 0.467. The van der Waals surface area contributed by atoms with Gasteiger partial charge in [0.2, 0.25) is 11.7 Å². The molecule has 0 saturated heterocycles. The van der Waals surface area contributed by atoms with E-state index < -0.39 is 0 Å². The zero-order chi connectivity index (χ0) is 12.2. The Morgan fingerprint density at radius 2 is 2.00 bits per heavy atom. The van der Waals surface area contributed by atoms with Gasteiger partial charge in [0.05, 0.1) is 0 Å². The summed E-state index contributed by atoms with van der Waals surface area (Å²) in [5.41, 5.74) is 0.990. The van der Waals surface area contributed by atoms with Crippen molar-refractivity contribution in [2.24, 2.45) is 5.92 Å². The van der Waals surface area contributed by atoms with E-state index in [1.807, 2.05) is 24.3 Å². The Kier molecular flexibility index (Phi) is 3.40. The van der Waals surface area contributed by atoms with Gasteiger partial charge in [0.15, 0.2) is 0 Å². The first-order chi connectivity index (χ1) is 8.92. The van der Waals surface area contributed by atoms with E-state index in [0.29, 0.717) is 5.82 Å². The molecular weight excluding hydrogens is 224 g/mol. The molecule has 0 unspecified atom stereocenters. The van der Waals surface area contributed by atoms with Crippen molar-refractivity contribution in [3.05, 3.63) is 36.2 Å². The predicted octanol–water partition coefficient (Wildman–Crippen LogP) is 3.66. The van der Waals surface area contributed by atoms with E-state index in [9.17, 15) is 0 Å². The monoisotopic (exact) mass is 241 g/mol. The Balaban J connectivity index is 1.63. The average molecular weight is 241 g/mol. The minimum Gasteiger partial charge on any atom is -0.339 e. The summed E-state index contributed by atoms with van der Waals surface area (Å²) >= 11 is 0. The molecule has 18 heavy (non-hydrogen) atoms. The third-order valence-electron chi connectivity index (χ3n) is 3.69. The Bertz CT molecular complexity index is 486. The van der Waals surface area contributed by atoms with Crippen LogP contribution in [0.3, 0.4) is 0 Å². The number of aromatic nitrogens is 2. The third-order valence-corrected chi connectivity index (χ3v) is 3.69. The minimum absolute atomic E-state index is 0.686. The maximum absolute atomic E-state index is 5.31. The van der Waals surface area contributed by atoms with Crippen LogP contribution in [0.2, 0.25) is 0 Å². The molecule has 0 N–H and O–H groups in total. The number of hydrogen-bond donors (Lipinski definition) is 0. The Hall–Kier alpha value is -1.64. The number of aryl methyl sites for hydroxylation is 1. The van der Waals surface area contributed by atoms with Crippen molar-refractivity contribution in [1.29, 1.82) is 0 Å². The van der Waals surface area contributed by atoms with E-state index in [1.54, 1.807) is 0 Å². The number of rotatable bonds is 4. The average Bonchev–Trinajstić information content (AvgIpc) is 3.09. The van der Waals surface area contributed by atoms with Gasteiger partial charge in [0.25, 0.3) is 0 Å². The molecule has 2 aromatic rings. The van der Waals surface area contributed by atoms with Gasteiger partial charge in [-0.15, -0.1) is 0 Å². The second-order valence-electron chi connectivity index (χ2n) is 4.99. The van der Waals surface area contributed by atoms with Crippen molar-refractivity contribution >= 4 is 0 Å². The van der Waals surface area contributed by atoms with Crippen LogP contribution in [0.4, 0.5) is 0 Å². The van der Waals surface area contributed by atoms with Crippen LogP contribution in [-0.2, 0) is 6.42 Å². The summed E-state index contributed by atoms with van der Waals surface area (Å²) in [4.78, 5) is 4.45. The number of nitrogens with zero attached hydrogens (tertiary/aromatic N) is 2. The molecule has 1 aromatic carbocycles. The Labute approximate surface area is 107 Å². The van der Waals surface area contributed by atoms with Crippen LogP contribution >= 0.6 is 0 Å². The first-order valence-electron chi connectivity index (χ1n) is 6.71. The van der Waals surface area contributed by atoms with E-state index in [0.717, 1.165) is 23.8 Å². The van der Waals surface area contributed by atoms with Crippen molar-refractivity contribution in [3.8, 4) is 11.4 Å². The second kappa shape index (κ2) is 5.34. The molecule has 1 radical (unpaired) electrons. The van der Waals surface area contributed by atoms with Gasteiger partial charge in [-0.3, -0.25) is 0 Å². The molecule has 1 fully saturated rings. The molecule has 0 bridgehead atoms. The van der Waals surface area contributed by atoms with E-state index in [1.165, 1.54) is 32.1 Å². The van der Waals surface area contributed by atoms with Crippen LogP contribution in [0.5, 0.6) is 0 Å². The summed E-state index contributed by atoms with van der Waals surface area (Å²) in [7, 11) is 0. The first kappa shape index (κ1) is 11.5. The lowest BCUT2D eigenvalue weighted by molar-refractivity contribution is 0.362. The zero-order valence-corrected chi connectivity index (χ0v) is 10.4. The highest BCUT2D eigenvalue weighted by atomic mass is 16.5. The van der Waals surface area contributed by atoms with E-state index in [-0.39, 0.29) is 0 Å². The number of benzene rings is 1. The van der Waals surface area contributed by atoms with Crippen molar-refractivity contribution in [3.63, 3.8) is 0 Å². The molecule has 3 rings (SSSR count). The van der Waals surface area contributed by atoms with Gasteiger partial charge in [0.1, 0.15) is 0 Å². The van der Waals surface area contributed by atoms with Gasteiger partial charge < -0.3 is 4.52 Å². The van der Waals surface area contributed by atoms with Crippen LogP contribution < -0.4 is 0 Å². The molecule has 1 aliphatic rings. The predicted molar refractivity (Wildman–Crippen MR) is 68.8 cm³/mol. The fourth-order valence-electron chi connectivity index (χ4n) is 2.64. The molecule has 1 saturated carbocycles. The lowest BCUT2D eigenvalue weighted by atomic mass is 10.0. The summed E-state index contributed by atoms with van der Waals surface area (Å²) in [6.45, 7) is 0. The third kappa shape index (κ3) is 2.61. The highest BCUT2D eigenvalue weighted by Crippen LogP contribution is 2.28. The van der Waals surface area contributed by atoms with Crippen molar-refractivity contribution in [2.75, 3.05) is 0 Å². The van der Waals surface area contributed by atoms with Crippen molar-refractivity contribution in [2.45, 2.75) is 38.5 Å². The molecule has 3 nitrogen and oxygen atoms in total. The first-order valence-corrected chi connectivity index (χ1v) is 6.71. The van der Waals surface area contributed by atoms with Gasteiger partial charge in [0, 0.05) is 12.0 Å². The van der Waals surface area contributed by atoms with Crippen LogP contribution in [0, 0.1) is 12.0 Å². The Morgan fingerprint density at radius 1 is 1.22 bits per heavy atom. The van der Waals surface area contributed by atoms with E-state index in [4.69, 9.17) is 4.52 Å². The second-order valence-corrected chi connectivity index (χ2v) is 4.99. The highest BCUT2D eigenvalue weighted by molar-refractivity contribution is 5.53. The molecule has 0 atom stereocenters. The summed E-state index contributed by atoms with van der Waals surface area (Å²) in [6, 6.07) is 10.6. The van der Waals surface area contributed by atoms with Gasteiger partial charge in [-0.2, -0.15) is 4.98 Å². The highest BCUT2D eigenvalue weighted by Gasteiger charge is 2.16. The fourth-order valence-corrected chi connectivity index (χ4v) is 2.64. The molecule has 1 aliphatic carbocycles. The largest absolute Gasteiger partial charge is 0.339 e. The van der Waals surface area contributed by atoms with Crippen LogP contribution in [-0.4, -0.2) is 10.1 Å². The summed E-state index contributed by atoms with van der Waals surface area (Å²) < 4.78 is 5.31. The standard InChI is InChI=1S/C15H17N2O/c1-2-8-13(9-3-1)15-16-14(18-17-15)11-10-12-6-4-5-7-12/h2-3,8-9,12H,4-7,10-11H2. The lowest BCUT2D eigenvalue weighted by Gasteiger charge is -2.04. The normalized spacial score (nSPS) is 16.2. The topological polar surface area (TPSA) is 38.9 Å². The maximum Gasteiger partial charge on any atom is 0.226 e. The van der Waals surface area contributed by atoms with Crippen LogP contribution in [0.1, 0.15) is 38.0 Å². The molecule has 0 spiro atoms. The van der Waals surface area contributed by atoms with Gasteiger partial charge in [-0.25, -0.2) is 0 Å². The maximum atomic E-state index is 5.31. The van der Waals surface area contributed by atoms with Crippen molar-refractivity contribution < 1.29 is 4.52 Å². The molecule has 1 aromatic heterocycles. The summed E-state index contributed by atoms with van der Waals surface area (Å²) in [5.74, 6) is 2.32.